The minimum atomic E-state index is -3.12. The predicted molar refractivity (Wildman–Crippen MR) is 57.2 cm³/mol. The molecule has 1 aliphatic rings. The molecule has 1 heterocycles. The molecule has 1 aliphatic heterocycles. The van der Waals surface area contributed by atoms with Crippen molar-refractivity contribution in [2.24, 2.45) is 11.8 Å². The highest BCUT2D eigenvalue weighted by Gasteiger charge is 2.37. The number of hydrogen-bond acceptors (Lipinski definition) is 4. The first-order valence-electron chi connectivity index (χ1n) is 5.20. The van der Waals surface area contributed by atoms with Gasteiger partial charge < -0.3 is 5.11 Å². The lowest BCUT2D eigenvalue weighted by Crippen LogP contribution is -2.21. The van der Waals surface area contributed by atoms with Gasteiger partial charge in [-0.15, -0.1) is 0 Å². The normalized spacial score (nSPS) is 29.6. The molecule has 0 amide bonds. The smallest absolute Gasteiger partial charge is 0.153 e. The fourth-order valence-corrected chi connectivity index (χ4v) is 3.85. The van der Waals surface area contributed by atoms with Crippen LogP contribution in [-0.2, 0) is 14.6 Å². The van der Waals surface area contributed by atoms with Gasteiger partial charge in [-0.3, -0.25) is 4.79 Å². The average Bonchev–Trinajstić information content (AvgIpc) is 2.22. The molecule has 0 aliphatic carbocycles. The highest BCUT2D eigenvalue weighted by atomic mass is 32.2. The molecule has 1 fully saturated rings. The van der Waals surface area contributed by atoms with Gasteiger partial charge in [0.05, 0.1) is 17.6 Å². The van der Waals surface area contributed by atoms with E-state index in [-0.39, 0.29) is 35.5 Å². The van der Waals surface area contributed by atoms with Gasteiger partial charge in [0.25, 0.3) is 0 Å². The van der Waals surface area contributed by atoms with Gasteiger partial charge >= 0.3 is 0 Å². The number of hydrogen-bond donors (Lipinski definition) is 1. The van der Waals surface area contributed by atoms with Crippen LogP contribution >= 0.6 is 0 Å². The first kappa shape index (κ1) is 12.6. The van der Waals surface area contributed by atoms with Crippen LogP contribution in [-0.4, -0.2) is 36.9 Å². The summed E-state index contributed by atoms with van der Waals surface area (Å²) >= 11 is 0. The summed E-state index contributed by atoms with van der Waals surface area (Å²) < 4.78 is 22.4. The van der Waals surface area contributed by atoms with E-state index >= 15 is 0 Å². The molecule has 0 radical (unpaired) electrons. The van der Waals surface area contributed by atoms with Crippen molar-refractivity contribution in [2.75, 3.05) is 11.5 Å². The molecule has 15 heavy (non-hydrogen) atoms. The molecule has 4 nitrogen and oxygen atoms in total. The zero-order valence-corrected chi connectivity index (χ0v) is 9.96. The second-order valence-corrected chi connectivity index (χ2v) is 6.90. The molecule has 5 heteroatoms. The Morgan fingerprint density at radius 1 is 1.40 bits per heavy atom. The molecule has 88 valence electrons. The van der Waals surface area contributed by atoms with Crippen LogP contribution in [0.25, 0.3) is 0 Å². The monoisotopic (exact) mass is 234 g/mol. The Labute approximate surface area is 90.6 Å². The van der Waals surface area contributed by atoms with Gasteiger partial charge in [0, 0.05) is 18.8 Å². The topological polar surface area (TPSA) is 71.4 Å². The third kappa shape index (κ3) is 3.91. The van der Waals surface area contributed by atoms with E-state index < -0.39 is 15.9 Å². The zero-order valence-electron chi connectivity index (χ0n) is 9.14. The van der Waals surface area contributed by atoms with E-state index in [0.717, 1.165) is 0 Å². The van der Waals surface area contributed by atoms with Crippen LogP contribution in [0.1, 0.15) is 26.7 Å². The van der Waals surface area contributed by atoms with Crippen molar-refractivity contribution < 1.29 is 18.3 Å². The van der Waals surface area contributed by atoms with Crippen molar-refractivity contribution in [1.29, 1.82) is 0 Å². The van der Waals surface area contributed by atoms with E-state index in [9.17, 15) is 18.3 Å². The minimum absolute atomic E-state index is 0.0436. The largest absolute Gasteiger partial charge is 0.392 e. The standard InChI is InChI=1S/C10H18O4S/c1-7(2)3-9(11)4-8-5-15(13,14)6-10(8)12/h7-8,10,12H,3-6H2,1-2H3. The van der Waals surface area contributed by atoms with Crippen LogP contribution in [0, 0.1) is 11.8 Å². The van der Waals surface area contributed by atoms with E-state index in [2.05, 4.69) is 0 Å². The van der Waals surface area contributed by atoms with Crippen molar-refractivity contribution in [3.63, 3.8) is 0 Å². The van der Waals surface area contributed by atoms with E-state index in [1.54, 1.807) is 0 Å². The minimum Gasteiger partial charge on any atom is -0.392 e. The van der Waals surface area contributed by atoms with Gasteiger partial charge in [-0.25, -0.2) is 8.42 Å². The molecule has 2 unspecified atom stereocenters. The van der Waals surface area contributed by atoms with E-state index in [1.165, 1.54) is 0 Å². The van der Waals surface area contributed by atoms with Crippen LogP contribution in [0.4, 0.5) is 0 Å². The maximum Gasteiger partial charge on any atom is 0.153 e. The molecule has 1 rings (SSSR count). The summed E-state index contributed by atoms with van der Waals surface area (Å²) in [4.78, 5) is 11.5. The van der Waals surface area contributed by atoms with Gasteiger partial charge in [0.15, 0.2) is 9.84 Å². The Balaban J connectivity index is 2.50. The summed E-state index contributed by atoms with van der Waals surface area (Å²) in [7, 11) is -3.12. The molecular weight excluding hydrogens is 216 g/mol. The summed E-state index contributed by atoms with van der Waals surface area (Å²) in [6.45, 7) is 3.89. The Kier molecular flexibility index (Phi) is 3.89. The Morgan fingerprint density at radius 2 is 2.00 bits per heavy atom. The number of rotatable bonds is 4. The number of ketones is 1. The summed E-state index contributed by atoms with van der Waals surface area (Å²) in [5.41, 5.74) is 0. The number of carbonyl (C=O) groups excluding carboxylic acids is 1. The third-order valence-electron chi connectivity index (χ3n) is 2.56. The van der Waals surface area contributed by atoms with E-state index in [0.29, 0.717) is 6.42 Å². The van der Waals surface area contributed by atoms with Gasteiger partial charge in [-0.1, -0.05) is 13.8 Å². The molecule has 1 saturated heterocycles. The van der Waals surface area contributed by atoms with Gasteiger partial charge in [0.1, 0.15) is 5.78 Å². The molecule has 0 aromatic carbocycles. The number of aliphatic hydroxyl groups is 1. The van der Waals surface area contributed by atoms with E-state index in [4.69, 9.17) is 0 Å². The van der Waals surface area contributed by atoms with Crippen molar-refractivity contribution in [3.8, 4) is 0 Å². The van der Waals surface area contributed by atoms with Gasteiger partial charge in [0.2, 0.25) is 0 Å². The van der Waals surface area contributed by atoms with Crippen molar-refractivity contribution in [3.05, 3.63) is 0 Å². The van der Waals surface area contributed by atoms with Crippen LogP contribution in [0.15, 0.2) is 0 Å². The second kappa shape index (κ2) is 4.61. The van der Waals surface area contributed by atoms with Crippen molar-refractivity contribution in [2.45, 2.75) is 32.8 Å². The Hall–Kier alpha value is -0.420. The first-order chi connectivity index (χ1) is 6.80. The van der Waals surface area contributed by atoms with Gasteiger partial charge in [-0.05, 0) is 5.92 Å². The van der Waals surface area contributed by atoms with Crippen molar-refractivity contribution >= 4 is 15.6 Å². The first-order valence-corrected chi connectivity index (χ1v) is 7.02. The molecule has 0 saturated carbocycles. The lowest BCUT2D eigenvalue weighted by Gasteiger charge is -2.12. The van der Waals surface area contributed by atoms with Crippen LogP contribution in [0.3, 0.4) is 0 Å². The molecule has 0 bridgehead atoms. The van der Waals surface area contributed by atoms with Crippen LogP contribution < -0.4 is 0 Å². The van der Waals surface area contributed by atoms with E-state index in [1.807, 2.05) is 13.8 Å². The average molecular weight is 234 g/mol. The summed E-state index contributed by atoms with van der Waals surface area (Å²) in [5, 5.41) is 9.48. The lowest BCUT2D eigenvalue weighted by molar-refractivity contribution is -0.121. The maximum atomic E-state index is 11.5. The fraction of sp³-hybridized carbons (Fsp3) is 0.900. The molecule has 0 aromatic rings. The number of aliphatic hydroxyl groups excluding tert-OH is 1. The van der Waals surface area contributed by atoms with Crippen LogP contribution in [0.5, 0.6) is 0 Å². The number of sulfone groups is 1. The molecule has 1 N–H and O–H groups in total. The molecular formula is C10H18O4S. The zero-order chi connectivity index (χ0) is 11.6. The quantitative estimate of drug-likeness (QED) is 0.764. The highest BCUT2D eigenvalue weighted by molar-refractivity contribution is 7.91. The number of Topliss-reactive ketones (excluding diaryl/α,β-unsaturated/α-hetero) is 1. The SMILES string of the molecule is CC(C)CC(=O)CC1CS(=O)(=O)CC1O. The highest BCUT2D eigenvalue weighted by Crippen LogP contribution is 2.23. The molecule has 0 aromatic heterocycles. The summed E-state index contributed by atoms with van der Waals surface area (Å²) in [5.74, 6) is -0.287. The van der Waals surface area contributed by atoms with Crippen LogP contribution in [0.2, 0.25) is 0 Å². The Morgan fingerprint density at radius 3 is 2.40 bits per heavy atom. The lowest BCUT2D eigenvalue weighted by atomic mass is 9.95. The number of carbonyl (C=O) groups is 1. The molecule has 2 atom stereocenters. The summed E-state index contributed by atoms with van der Waals surface area (Å²) in [6, 6.07) is 0. The fourth-order valence-electron chi connectivity index (χ4n) is 1.93. The summed E-state index contributed by atoms with van der Waals surface area (Å²) in [6.07, 6.45) is -0.201. The second-order valence-electron chi connectivity index (χ2n) is 4.75. The molecule has 0 spiro atoms. The maximum absolute atomic E-state index is 11.5. The van der Waals surface area contributed by atoms with Gasteiger partial charge in [-0.2, -0.15) is 0 Å². The van der Waals surface area contributed by atoms with Crippen molar-refractivity contribution in [1.82, 2.24) is 0 Å². The Bertz CT molecular complexity index is 331. The third-order valence-corrected chi connectivity index (χ3v) is 4.35. The predicted octanol–water partition coefficient (Wildman–Crippen LogP) is 0.397.